The molecule has 2 aromatic rings. The highest BCUT2D eigenvalue weighted by Gasteiger charge is 2.49. The second kappa shape index (κ2) is 4.57. The first kappa shape index (κ1) is 13.8. The smallest absolute Gasteiger partial charge is 0.231 e. The summed E-state index contributed by atoms with van der Waals surface area (Å²) in [4.78, 5) is 11.8. The Morgan fingerprint density at radius 2 is 1.84 bits per heavy atom. The third kappa shape index (κ3) is 1.74. The van der Waals surface area contributed by atoms with E-state index >= 15 is 0 Å². The molecule has 126 valence electrons. The molecule has 4 nitrogen and oxygen atoms in total. The minimum atomic E-state index is 0.139. The number of nitrogens with one attached hydrogen (secondary N) is 1. The van der Waals surface area contributed by atoms with Crippen LogP contribution in [0.5, 0.6) is 11.5 Å². The van der Waals surface area contributed by atoms with Gasteiger partial charge in [-0.1, -0.05) is 0 Å². The maximum absolute atomic E-state index is 11.8. The number of hydrogen-bond acceptors (Lipinski definition) is 4. The largest absolute Gasteiger partial charge is 0.454 e. The van der Waals surface area contributed by atoms with Crippen LogP contribution in [0, 0.1) is 5.92 Å². The molecule has 0 unspecified atom stereocenters. The Balaban J connectivity index is 1.51. The zero-order valence-electron chi connectivity index (χ0n) is 14.0. The Morgan fingerprint density at radius 3 is 2.64 bits per heavy atom. The van der Waals surface area contributed by atoms with Gasteiger partial charge in [0.15, 0.2) is 17.3 Å². The fraction of sp³-hybridized carbons (Fsp3) is 0.381. The molecule has 0 amide bonds. The normalized spacial score (nSPS) is 29.6. The molecule has 2 bridgehead atoms. The van der Waals surface area contributed by atoms with Crippen LogP contribution in [-0.2, 0) is 0 Å². The fourth-order valence-corrected chi connectivity index (χ4v) is 5.45. The van der Waals surface area contributed by atoms with E-state index in [1.165, 1.54) is 28.8 Å². The summed E-state index contributed by atoms with van der Waals surface area (Å²) in [6.45, 7) is 1.97. The van der Waals surface area contributed by atoms with Gasteiger partial charge in [-0.05, 0) is 84.5 Å². The first-order valence-corrected chi connectivity index (χ1v) is 9.04. The summed E-state index contributed by atoms with van der Waals surface area (Å²) in [6.07, 6.45) is 2.36. The lowest BCUT2D eigenvalue weighted by Crippen LogP contribution is -2.30. The van der Waals surface area contributed by atoms with Gasteiger partial charge in [0.1, 0.15) is 0 Å². The standard InChI is InChI=1S/C21H19NO3/c1-10(23)11-2-3-18-15(4-11)14-5-12-6-16(14)21(22-18)17-8-20-19(7-13(12)17)24-9-25-20/h2-4,7-8,12,14,16,21-22H,5-6,9H2,1H3/t12-,14-,16-,21+/m0/s1. The number of ether oxygens (including phenoxy) is 2. The van der Waals surface area contributed by atoms with Gasteiger partial charge in [-0.3, -0.25) is 4.79 Å². The summed E-state index contributed by atoms with van der Waals surface area (Å²) < 4.78 is 11.2. The topological polar surface area (TPSA) is 47.6 Å². The first-order chi connectivity index (χ1) is 12.2. The van der Waals surface area contributed by atoms with Crippen LogP contribution in [0.1, 0.15) is 64.7 Å². The molecule has 2 heterocycles. The third-order valence-corrected chi connectivity index (χ3v) is 6.56. The molecule has 0 saturated heterocycles. The van der Waals surface area contributed by atoms with Crippen LogP contribution in [-0.4, -0.2) is 12.6 Å². The lowest BCUT2D eigenvalue weighted by atomic mass is 9.74. The van der Waals surface area contributed by atoms with Crippen LogP contribution in [0.2, 0.25) is 0 Å². The molecule has 1 saturated carbocycles. The van der Waals surface area contributed by atoms with Crippen molar-refractivity contribution in [1.29, 1.82) is 0 Å². The molecule has 6 rings (SSSR count). The van der Waals surface area contributed by atoms with E-state index in [1.54, 1.807) is 6.92 Å². The molecule has 4 atom stereocenters. The van der Waals surface area contributed by atoms with E-state index in [0.717, 1.165) is 23.5 Å². The van der Waals surface area contributed by atoms with E-state index in [4.69, 9.17) is 9.47 Å². The average Bonchev–Trinajstić information content (AvgIpc) is 3.24. The molecular weight excluding hydrogens is 314 g/mol. The van der Waals surface area contributed by atoms with Gasteiger partial charge in [0.05, 0.1) is 6.04 Å². The highest BCUT2D eigenvalue weighted by molar-refractivity contribution is 5.95. The second-order valence-corrected chi connectivity index (χ2v) is 7.75. The van der Waals surface area contributed by atoms with E-state index in [1.807, 2.05) is 6.07 Å². The lowest BCUT2D eigenvalue weighted by Gasteiger charge is -2.39. The van der Waals surface area contributed by atoms with Crippen molar-refractivity contribution in [2.24, 2.45) is 5.92 Å². The van der Waals surface area contributed by atoms with Crippen molar-refractivity contribution in [3.05, 3.63) is 52.6 Å². The van der Waals surface area contributed by atoms with E-state index in [0.29, 0.717) is 30.6 Å². The van der Waals surface area contributed by atoms with Gasteiger partial charge < -0.3 is 14.8 Å². The number of fused-ring (bicyclic) bond motifs is 7. The predicted molar refractivity (Wildman–Crippen MR) is 93.6 cm³/mol. The molecule has 2 aliphatic heterocycles. The maximum Gasteiger partial charge on any atom is 0.231 e. The number of hydrogen-bond donors (Lipinski definition) is 1. The SMILES string of the molecule is CC(=O)c1ccc2c(c1)[C@@H]1C[C@H]3C[C@@H]1[C@@H](N2)c1cc2c(cc13)OCO2. The van der Waals surface area contributed by atoms with Crippen LogP contribution in [0.15, 0.2) is 30.3 Å². The zero-order valence-corrected chi connectivity index (χ0v) is 14.0. The number of anilines is 1. The van der Waals surface area contributed by atoms with E-state index < -0.39 is 0 Å². The van der Waals surface area contributed by atoms with Gasteiger partial charge in [-0.15, -0.1) is 0 Å². The van der Waals surface area contributed by atoms with Crippen molar-refractivity contribution in [1.82, 2.24) is 0 Å². The molecule has 2 aromatic carbocycles. The number of Topliss-reactive ketones (excluding diaryl/α,β-unsaturated/α-hetero) is 1. The summed E-state index contributed by atoms with van der Waals surface area (Å²) in [5.41, 5.74) is 6.11. The van der Waals surface area contributed by atoms with Crippen LogP contribution in [0.3, 0.4) is 0 Å². The number of ketones is 1. The van der Waals surface area contributed by atoms with E-state index in [-0.39, 0.29) is 5.78 Å². The second-order valence-electron chi connectivity index (χ2n) is 7.75. The van der Waals surface area contributed by atoms with Gasteiger partial charge in [0.2, 0.25) is 6.79 Å². The van der Waals surface area contributed by atoms with Crippen molar-refractivity contribution in [2.45, 2.75) is 37.6 Å². The quantitative estimate of drug-likeness (QED) is 0.787. The Hall–Kier alpha value is -2.49. The minimum absolute atomic E-state index is 0.139. The third-order valence-electron chi connectivity index (χ3n) is 6.56. The van der Waals surface area contributed by atoms with Gasteiger partial charge in [-0.2, -0.15) is 0 Å². The Labute approximate surface area is 146 Å². The number of carbonyl (C=O) groups excluding carboxylic acids is 1. The van der Waals surface area contributed by atoms with Crippen molar-refractivity contribution < 1.29 is 14.3 Å². The van der Waals surface area contributed by atoms with Gasteiger partial charge in [0.25, 0.3) is 0 Å². The highest BCUT2D eigenvalue weighted by Crippen LogP contribution is 2.62. The average molecular weight is 333 g/mol. The van der Waals surface area contributed by atoms with Crippen LogP contribution in [0.4, 0.5) is 5.69 Å². The summed E-state index contributed by atoms with van der Waals surface area (Å²) in [7, 11) is 0. The van der Waals surface area contributed by atoms with Crippen LogP contribution < -0.4 is 14.8 Å². The summed E-state index contributed by atoms with van der Waals surface area (Å²) in [5, 5.41) is 3.76. The molecule has 1 fully saturated rings. The Kier molecular flexibility index (Phi) is 2.51. The molecule has 4 heteroatoms. The minimum Gasteiger partial charge on any atom is -0.454 e. The highest BCUT2D eigenvalue weighted by atomic mass is 16.7. The number of rotatable bonds is 1. The molecule has 1 N–H and O–H groups in total. The molecule has 0 radical (unpaired) electrons. The van der Waals surface area contributed by atoms with E-state index in [9.17, 15) is 4.79 Å². The predicted octanol–water partition coefficient (Wildman–Crippen LogP) is 4.38. The van der Waals surface area contributed by atoms with Gasteiger partial charge >= 0.3 is 0 Å². The zero-order chi connectivity index (χ0) is 16.7. The lowest BCUT2D eigenvalue weighted by molar-refractivity contribution is 0.101. The van der Waals surface area contributed by atoms with Crippen molar-refractivity contribution in [3.8, 4) is 11.5 Å². The van der Waals surface area contributed by atoms with Crippen LogP contribution in [0.25, 0.3) is 0 Å². The number of carbonyl (C=O) groups is 1. The molecule has 0 aromatic heterocycles. The Morgan fingerprint density at radius 1 is 1.04 bits per heavy atom. The summed E-state index contributed by atoms with van der Waals surface area (Å²) in [5.74, 6) is 3.58. The van der Waals surface area contributed by atoms with E-state index in [2.05, 4.69) is 29.6 Å². The summed E-state index contributed by atoms with van der Waals surface area (Å²) >= 11 is 0. The van der Waals surface area contributed by atoms with Crippen molar-refractivity contribution in [3.63, 3.8) is 0 Å². The molecular formula is C21H19NO3. The molecule has 2 aliphatic carbocycles. The molecule has 25 heavy (non-hydrogen) atoms. The molecule has 4 aliphatic rings. The first-order valence-electron chi connectivity index (χ1n) is 9.04. The van der Waals surface area contributed by atoms with Crippen molar-refractivity contribution >= 4 is 11.5 Å². The van der Waals surface area contributed by atoms with Crippen molar-refractivity contribution in [2.75, 3.05) is 12.1 Å². The number of benzene rings is 2. The van der Waals surface area contributed by atoms with Gasteiger partial charge in [-0.25, -0.2) is 0 Å². The Bertz CT molecular complexity index is 935. The maximum atomic E-state index is 11.8. The monoisotopic (exact) mass is 333 g/mol. The van der Waals surface area contributed by atoms with Crippen LogP contribution >= 0.6 is 0 Å². The fourth-order valence-electron chi connectivity index (χ4n) is 5.45. The van der Waals surface area contributed by atoms with Gasteiger partial charge in [0, 0.05) is 11.3 Å². The summed E-state index contributed by atoms with van der Waals surface area (Å²) in [6, 6.07) is 10.8. The molecule has 0 spiro atoms.